The molecule has 4 aromatic carbocycles. The second-order valence-corrected chi connectivity index (χ2v) is 20.1. The molecule has 0 aliphatic carbocycles. The Morgan fingerprint density at radius 1 is 0.671 bits per heavy atom. The van der Waals surface area contributed by atoms with Gasteiger partial charge in [0.15, 0.2) is 6.17 Å². The molecule has 6 rings (SSSR count). The van der Waals surface area contributed by atoms with Gasteiger partial charge in [-0.3, -0.25) is 33.8 Å². The molecule has 0 aromatic heterocycles. The number of nitrogens with one attached hydrogen (secondary N) is 1. The minimum absolute atomic E-state index is 0.0640. The number of aliphatic carboxylic acids is 1. The molecule has 2 aliphatic rings. The number of ether oxygens (including phenoxy) is 1. The minimum Gasteiger partial charge on any atom is -0.481 e. The molecule has 388 valence electrons. The fraction of sp³-hybridized carbons (Fsp3) is 0.390. The van der Waals surface area contributed by atoms with Gasteiger partial charge in [0.1, 0.15) is 11.4 Å². The van der Waals surface area contributed by atoms with E-state index in [0.717, 1.165) is 39.3 Å². The highest BCUT2D eigenvalue weighted by Crippen LogP contribution is 2.31. The number of amides is 3. The summed E-state index contributed by atoms with van der Waals surface area (Å²) in [7, 11) is 3.41. The Morgan fingerprint density at radius 3 is 1.53 bits per heavy atom. The van der Waals surface area contributed by atoms with Crippen LogP contribution < -0.4 is 20.9 Å². The summed E-state index contributed by atoms with van der Waals surface area (Å²) in [6.45, 7) is 22.1. The number of ketones is 1. The maximum atomic E-state index is 13.5. The van der Waals surface area contributed by atoms with E-state index in [-0.39, 0.29) is 35.3 Å². The summed E-state index contributed by atoms with van der Waals surface area (Å²) in [5, 5.41) is 12.2. The first-order chi connectivity index (χ1) is 34.5. The number of Topliss-reactive ketones (excluding diaryl/α,β-unsaturated/α-hetero) is 1. The smallest absolute Gasteiger partial charge is 0.310 e. The number of nitrogens with two attached hydrogens (primary N) is 1. The third kappa shape index (κ3) is 16.1. The molecule has 0 saturated heterocycles. The zero-order valence-corrected chi connectivity index (χ0v) is 44.1. The van der Waals surface area contributed by atoms with Crippen LogP contribution in [0.25, 0.3) is 0 Å². The average Bonchev–Trinajstić information content (AvgIpc) is 3.51. The van der Waals surface area contributed by atoms with E-state index in [0.29, 0.717) is 31.4 Å². The number of carboxylic acid groups (broad SMARTS) is 1. The number of carboxylic acids is 1. The number of carbonyl (C=O) groups excluding carboxylic acids is 5. The molecular weight excluding hydrogens is 921 g/mol. The Balaban J connectivity index is 0.000000254. The lowest BCUT2D eigenvalue weighted by Gasteiger charge is -2.27. The summed E-state index contributed by atoms with van der Waals surface area (Å²) in [5.74, 6) is -4.42. The maximum Gasteiger partial charge on any atom is 0.310 e. The van der Waals surface area contributed by atoms with Gasteiger partial charge in [-0.1, -0.05) is 137 Å². The van der Waals surface area contributed by atoms with E-state index in [1.54, 1.807) is 51.9 Å². The van der Waals surface area contributed by atoms with Crippen LogP contribution in [-0.4, -0.2) is 84.0 Å². The second-order valence-electron chi connectivity index (χ2n) is 20.1. The molecule has 2 aliphatic heterocycles. The van der Waals surface area contributed by atoms with Crippen LogP contribution in [0.3, 0.4) is 0 Å². The second kappa shape index (κ2) is 26.9. The summed E-state index contributed by atoms with van der Waals surface area (Å²) in [6.07, 6.45) is 2.96. The van der Waals surface area contributed by atoms with Crippen molar-refractivity contribution >= 4 is 58.2 Å². The van der Waals surface area contributed by atoms with Crippen molar-refractivity contribution in [2.45, 2.75) is 99.0 Å². The van der Waals surface area contributed by atoms with Gasteiger partial charge in [0.05, 0.1) is 34.6 Å². The number of likely N-dealkylation sites (N-methyl/N-ethyl adjacent to an activating group) is 2. The van der Waals surface area contributed by atoms with Crippen LogP contribution in [0.15, 0.2) is 144 Å². The molecule has 73 heavy (non-hydrogen) atoms. The first-order valence-electron chi connectivity index (χ1n) is 24.7. The average molecular weight is 995 g/mol. The molecule has 6 atom stereocenters. The van der Waals surface area contributed by atoms with Gasteiger partial charge in [0.25, 0.3) is 11.8 Å². The largest absolute Gasteiger partial charge is 0.481 e. The Hall–Kier alpha value is -7.32. The Bertz CT molecular complexity index is 2640. The van der Waals surface area contributed by atoms with Crippen LogP contribution in [0, 0.1) is 35.5 Å². The molecule has 2 unspecified atom stereocenters. The van der Waals surface area contributed by atoms with E-state index in [9.17, 15) is 33.9 Å². The number of aliphatic imine (C=N–C) groups is 2. The van der Waals surface area contributed by atoms with Gasteiger partial charge >= 0.3 is 11.9 Å². The summed E-state index contributed by atoms with van der Waals surface area (Å²) in [4.78, 5) is 87.3. The number of nitrogens with zero attached hydrogens (tertiary/aromatic N) is 4. The van der Waals surface area contributed by atoms with Crippen molar-refractivity contribution in [2.75, 3.05) is 23.9 Å². The number of fused-ring (bicyclic) bond motifs is 2. The van der Waals surface area contributed by atoms with Gasteiger partial charge in [-0.15, -0.1) is 13.2 Å². The number of hydrogen-bond donors (Lipinski definition) is 3. The van der Waals surface area contributed by atoms with E-state index < -0.39 is 53.5 Å². The van der Waals surface area contributed by atoms with Crippen molar-refractivity contribution in [1.82, 2.24) is 5.32 Å². The molecule has 0 radical (unpaired) electrons. The molecule has 14 heteroatoms. The number of hydrogen-bond acceptors (Lipinski definition) is 10. The van der Waals surface area contributed by atoms with Crippen LogP contribution in [0.2, 0.25) is 0 Å². The standard InChI is InChI=1S/C28H33N3O3.C16H15N3O.C15H26O4/c1-6-12-21(19(4)32)23(17-18(2)3)27(33)30-26-28(34)31(5)24-16-11-10-15-22(24)25(29-26)20-13-8-7-9-14-20;1-19-13-10-6-5-9-12(13)14(18-15(17)16(19)20)11-7-3-2-4-8-11;1-7-8-11(14(18)19-15(4,5)6)12(13(16)17)9-10(2)3/h6-11,13-16,18,21,23,26H,1,12,17H2,2-5H3,(H,30,33);2-10,15H,17H2,1H3;7,10-12H,1,8-9H2,2-6H3,(H,16,17)/t21-,23-,26?;;11-,12+/m1.0/s1. The fourth-order valence-electron chi connectivity index (χ4n) is 8.74. The molecule has 4 N–H and O–H groups in total. The van der Waals surface area contributed by atoms with Gasteiger partial charge in [0.2, 0.25) is 12.1 Å². The lowest BCUT2D eigenvalue weighted by molar-refractivity contribution is -0.167. The molecule has 0 fully saturated rings. The summed E-state index contributed by atoms with van der Waals surface area (Å²) < 4.78 is 5.32. The van der Waals surface area contributed by atoms with Crippen molar-refractivity contribution < 1.29 is 38.6 Å². The molecule has 0 spiro atoms. The summed E-state index contributed by atoms with van der Waals surface area (Å²) >= 11 is 0. The van der Waals surface area contributed by atoms with E-state index in [1.807, 2.05) is 137 Å². The molecule has 14 nitrogen and oxygen atoms in total. The van der Waals surface area contributed by atoms with Crippen molar-refractivity contribution in [3.05, 3.63) is 157 Å². The highest BCUT2D eigenvalue weighted by atomic mass is 16.6. The first-order valence-corrected chi connectivity index (χ1v) is 24.7. The van der Waals surface area contributed by atoms with Gasteiger partial charge in [-0.05, 0) is 77.3 Å². The predicted molar refractivity (Wildman–Crippen MR) is 290 cm³/mol. The number of para-hydroxylation sites is 2. The van der Waals surface area contributed by atoms with Crippen LogP contribution in [0.5, 0.6) is 0 Å². The van der Waals surface area contributed by atoms with Gasteiger partial charge < -0.3 is 30.7 Å². The molecule has 0 bridgehead atoms. The molecule has 3 amide bonds. The number of allylic oxidation sites excluding steroid dienone is 2. The topological polar surface area (TPSA) is 201 Å². The molecule has 4 aromatic rings. The highest BCUT2D eigenvalue weighted by molar-refractivity contribution is 6.21. The lowest BCUT2D eigenvalue weighted by Crippen LogP contribution is -2.49. The SMILES string of the molecule is C=CC[C@H](C(=O)OC(C)(C)C)[C@@H](CC(C)C)C(=O)O.C=CC[C@H](C(C)=O)[C@@H](CC(C)C)C(=O)NC1N=C(c2ccccc2)c2ccccc2N(C)C1=O.CN1C(=O)C(N)N=C(c2ccccc2)c2ccccc21. The molecular formula is C59H74N6O8. The van der Waals surface area contributed by atoms with Gasteiger partial charge in [-0.2, -0.15) is 0 Å². The minimum atomic E-state index is -1.11. The number of esters is 1. The van der Waals surface area contributed by atoms with Crippen molar-refractivity contribution in [2.24, 2.45) is 51.2 Å². The van der Waals surface area contributed by atoms with Gasteiger partial charge in [0, 0.05) is 48.2 Å². The number of carbonyl (C=O) groups is 6. The number of benzene rings is 4. The summed E-state index contributed by atoms with van der Waals surface area (Å²) in [6, 6.07) is 34.7. The zero-order chi connectivity index (χ0) is 54.2. The normalized spacial score (nSPS) is 16.9. The first kappa shape index (κ1) is 58.3. The quantitative estimate of drug-likeness (QED) is 0.0681. The Kier molecular flexibility index (Phi) is 21.5. The van der Waals surface area contributed by atoms with E-state index in [1.165, 1.54) is 11.8 Å². The van der Waals surface area contributed by atoms with Crippen LogP contribution >= 0.6 is 0 Å². The van der Waals surface area contributed by atoms with E-state index in [4.69, 9.17) is 15.5 Å². The van der Waals surface area contributed by atoms with Crippen molar-refractivity contribution in [1.29, 1.82) is 0 Å². The monoisotopic (exact) mass is 995 g/mol. The predicted octanol–water partition coefficient (Wildman–Crippen LogP) is 9.44. The van der Waals surface area contributed by atoms with Crippen LogP contribution in [0.1, 0.15) is 103 Å². The van der Waals surface area contributed by atoms with Crippen LogP contribution in [-0.2, 0) is 33.5 Å². The highest BCUT2D eigenvalue weighted by Gasteiger charge is 2.38. The number of anilines is 2. The van der Waals surface area contributed by atoms with Gasteiger partial charge in [-0.25, -0.2) is 4.99 Å². The fourth-order valence-corrected chi connectivity index (χ4v) is 8.74. The van der Waals surface area contributed by atoms with Crippen molar-refractivity contribution in [3.8, 4) is 0 Å². The third-order valence-electron chi connectivity index (χ3n) is 12.2. The third-order valence-corrected chi connectivity index (χ3v) is 12.2. The Labute approximate surface area is 431 Å². The maximum absolute atomic E-state index is 13.5. The van der Waals surface area contributed by atoms with Crippen molar-refractivity contribution in [3.63, 3.8) is 0 Å². The zero-order valence-electron chi connectivity index (χ0n) is 44.1. The Morgan fingerprint density at radius 2 is 1.10 bits per heavy atom. The van der Waals surface area contributed by atoms with Crippen LogP contribution in [0.4, 0.5) is 11.4 Å². The molecule has 2 heterocycles. The number of benzodiazepines with no additional fused rings is 2. The van der Waals surface area contributed by atoms with E-state index in [2.05, 4.69) is 23.5 Å². The van der Waals surface area contributed by atoms with E-state index >= 15 is 0 Å². The number of rotatable bonds is 17. The summed E-state index contributed by atoms with van der Waals surface area (Å²) in [5.41, 5.74) is 11.8. The molecule has 0 saturated carbocycles. The lowest BCUT2D eigenvalue weighted by atomic mass is 9.80.